The van der Waals surface area contributed by atoms with E-state index in [1.807, 2.05) is 6.08 Å². The van der Waals surface area contributed by atoms with Crippen LogP contribution in [0.15, 0.2) is 24.4 Å². The zero-order chi connectivity index (χ0) is 13.2. The van der Waals surface area contributed by atoms with Crippen molar-refractivity contribution >= 4 is 22.8 Å². The Morgan fingerprint density at radius 1 is 1.37 bits per heavy atom. The quantitative estimate of drug-likeness (QED) is 0.776. The van der Waals surface area contributed by atoms with Crippen molar-refractivity contribution in [3.05, 3.63) is 41.6 Å². The second-order valence-electron chi connectivity index (χ2n) is 4.31. The zero-order valence-corrected chi connectivity index (χ0v) is 10.1. The predicted molar refractivity (Wildman–Crippen MR) is 68.3 cm³/mol. The molecule has 2 aromatic rings. The fourth-order valence-corrected chi connectivity index (χ4v) is 2.08. The number of ether oxygens (including phenoxy) is 1. The van der Waals surface area contributed by atoms with Crippen molar-refractivity contribution in [1.82, 2.24) is 9.97 Å². The molecule has 96 valence electrons. The molecule has 0 bridgehead atoms. The monoisotopic (exact) mass is 258 g/mol. The van der Waals surface area contributed by atoms with Gasteiger partial charge in [-0.3, -0.25) is 4.79 Å². The average Bonchev–Trinajstić information content (AvgIpc) is 2.47. The van der Waals surface area contributed by atoms with Crippen LogP contribution in [0.5, 0.6) is 0 Å². The molecular weight excluding hydrogens is 247 g/mol. The highest BCUT2D eigenvalue weighted by molar-refractivity contribution is 5.87. The highest BCUT2D eigenvalue weighted by atomic mass is 19.1. The minimum Gasteiger partial charge on any atom is -0.377 e. The molecule has 0 saturated heterocycles. The third-order valence-electron chi connectivity index (χ3n) is 3.05. The van der Waals surface area contributed by atoms with Crippen molar-refractivity contribution in [1.29, 1.82) is 0 Å². The highest BCUT2D eigenvalue weighted by Crippen LogP contribution is 2.22. The van der Waals surface area contributed by atoms with Crippen molar-refractivity contribution in [2.24, 2.45) is 0 Å². The summed E-state index contributed by atoms with van der Waals surface area (Å²) in [5.41, 5.74) is 1.49. The van der Waals surface area contributed by atoms with E-state index in [-0.39, 0.29) is 11.1 Å². The molecule has 2 heterocycles. The number of aldehydes is 1. The number of fused-ring (bicyclic) bond motifs is 1. The van der Waals surface area contributed by atoms with Crippen molar-refractivity contribution in [2.45, 2.75) is 6.42 Å². The van der Waals surface area contributed by atoms with Crippen molar-refractivity contribution < 1.29 is 13.9 Å². The number of halogens is 1. The van der Waals surface area contributed by atoms with E-state index in [0.29, 0.717) is 30.7 Å². The second-order valence-corrected chi connectivity index (χ2v) is 4.31. The third kappa shape index (κ3) is 2.24. The lowest BCUT2D eigenvalue weighted by Gasteiger charge is -2.12. The van der Waals surface area contributed by atoms with E-state index < -0.39 is 5.82 Å². The Labute approximate surface area is 108 Å². The van der Waals surface area contributed by atoms with Gasteiger partial charge in [-0.2, -0.15) is 0 Å². The van der Waals surface area contributed by atoms with Crippen LogP contribution in [-0.4, -0.2) is 29.5 Å². The smallest absolute Gasteiger partial charge is 0.155 e. The summed E-state index contributed by atoms with van der Waals surface area (Å²) in [7, 11) is 0. The number of benzene rings is 1. The molecule has 0 spiro atoms. The molecule has 0 saturated carbocycles. The van der Waals surface area contributed by atoms with Gasteiger partial charge < -0.3 is 4.74 Å². The summed E-state index contributed by atoms with van der Waals surface area (Å²) >= 11 is 0. The summed E-state index contributed by atoms with van der Waals surface area (Å²) in [4.78, 5) is 19.2. The normalized spacial score (nSPS) is 15.3. The second kappa shape index (κ2) is 4.85. The van der Waals surface area contributed by atoms with Crippen LogP contribution in [0.4, 0.5) is 4.39 Å². The molecule has 0 aliphatic carbocycles. The molecule has 0 N–H and O–H groups in total. The summed E-state index contributed by atoms with van der Waals surface area (Å²) in [5.74, 6) is 0.0180. The Hall–Kier alpha value is -2.14. The molecule has 0 atom stereocenters. The summed E-state index contributed by atoms with van der Waals surface area (Å²) in [5, 5.41) is 0.526. The molecule has 0 unspecified atom stereocenters. The average molecular weight is 258 g/mol. The number of carbonyl (C=O) groups excluding carboxylic acids is 1. The number of hydrogen-bond donors (Lipinski definition) is 0. The predicted octanol–water partition coefficient (Wildman–Crippen LogP) is 2.39. The van der Waals surface area contributed by atoms with E-state index in [9.17, 15) is 9.18 Å². The fraction of sp³-hybridized carbons (Fsp3) is 0.214. The van der Waals surface area contributed by atoms with Gasteiger partial charge in [0, 0.05) is 17.1 Å². The van der Waals surface area contributed by atoms with E-state index in [4.69, 9.17) is 4.74 Å². The summed E-state index contributed by atoms with van der Waals surface area (Å²) in [6.07, 6.45) is 4.78. The molecule has 0 fully saturated rings. The maximum Gasteiger partial charge on any atom is 0.155 e. The number of aromatic nitrogens is 2. The minimum atomic E-state index is -0.504. The number of rotatable bonds is 2. The Balaban J connectivity index is 2.13. The first kappa shape index (κ1) is 11.9. The van der Waals surface area contributed by atoms with E-state index in [1.54, 1.807) is 12.3 Å². The first-order valence-corrected chi connectivity index (χ1v) is 5.96. The summed E-state index contributed by atoms with van der Waals surface area (Å²) in [6, 6.07) is 2.76. The standard InChI is InChI=1S/C14H11FN2O2/c15-12-6-9(8-18)5-11-7-16-14(17-13(11)12)10-1-3-19-4-2-10/h1,5-8H,2-4H2. The Morgan fingerprint density at radius 3 is 3.00 bits per heavy atom. The van der Waals surface area contributed by atoms with Gasteiger partial charge in [0.1, 0.15) is 17.6 Å². The van der Waals surface area contributed by atoms with Crippen LogP contribution in [0.25, 0.3) is 16.5 Å². The number of carbonyl (C=O) groups is 1. The number of nitrogens with zero attached hydrogens (tertiary/aromatic N) is 2. The Morgan fingerprint density at radius 2 is 2.26 bits per heavy atom. The molecular formula is C14H11FN2O2. The maximum atomic E-state index is 13.9. The summed E-state index contributed by atoms with van der Waals surface area (Å²) < 4.78 is 19.1. The van der Waals surface area contributed by atoms with Crippen LogP contribution in [0.1, 0.15) is 22.6 Å². The molecule has 1 aliphatic rings. The van der Waals surface area contributed by atoms with Crippen molar-refractivity contribution in [3.63, 3.8) is 0 Å². The van der Waals surface area contributed by atoms with Crippen LogP contribution in [-0.2, 0) is 4.74 Å². The zero-order valence-electron chi connectivity index (χ0n) is 10.1. The van der Waals surface area contributed by atoms with E-state index in [2.05, 4.69) is 9.97 Å². The number of hydrogen-bond acceptors (Lipinski definition) is 4. The van der Waals surface area contributed by atoms with Crippen LogP contribution < -0.4 is 0 Å². The first-order valence-electron chi connectivity index (χ1n) is 5.96. The van der Waals surface area contributed by atoms with Crippen molar-refractivity contribution in [2.75, 3.05) is 13.2 Å². The SMILES string of the molecule is O=Cc1cc(F)c2nc(C3=CCOCC3)ncc2c1. The topological polar surface area (TPSA) is 52.1 Å². The Kier molecular flexibility index (Phi) is 3.05. The maximum absolute atomic E-state index is 13.9. The molecule has 3 rings (SSSR count). The molecule has 1 aromatic carbocycles. The van der Waals surface area contributed by atoms with Crippen LogP contribution in [0.2, 0.25) is 0 Å². The van der Waals surface area contributed by atoms with E-state index in [0.717, 1.165) is 12.0 Å². The van der Waals surface area contributed by atoms with Crippen molar-refractivity contribution in [3.8, 4) is 0 Å². The van der Waals surface area contributed by atoms with Crippen LogP contribution in [0.3, 0.4) is 0 Å². The fourth-order valence-electron chi connectivity index (χ4n) is 2.08. The molecule has 0 radical (unpaired) electrons. The lowest BCUT2D eigenvalue weighted by molar-refractivity contribution is 0.112. The molecule has 4 nitrogen and oxygen atoms in total. The third-order valence-corrected chi connectivity index (χ3v) is 3.05. The van der Waals surface area contributed by atoms with Gasteiger partial charge >= 0.3 is 0 Å². The summed E-state index contributed by atoms with van der Waals surface area (Å²) in [6.45, 7) is 1.16. The van der Waals surface area contributed by atoms with Gasteiger partial charge in [0.05, 0.1) is 13.2 Å². The largest absolute Gasteiger partial charge is 0.377 e. The highest BCUT2D eigenvalue weighted by Gasteiger charge is 2.12. The van der Waals surface area contributed by atoms with Gasteiger partial charge in [-0.05, 0) is 24.1 Å². The Bertz CT molecular complexity index is 682. The van der Waals surface area contributed by atoms with Gasteiger partial charge in [0.25, 0.3) is 0 Å². The molecule has 19 heavy (non-hydrogen) atoms. The lowest BCUT2D eigenvalue weighted by atomic mass is 10.1. The van der Waals surface area contributed by atoms with E-state index in [1.165, 1.54) is 6.07 Å². The molecule has 5 heteroatoms. The molecule has 1 aromatic heterocycles. The first-order chi connectivity index (χ1) is 9.28. The van der Waals surface area contributed by atoms with Gasteiger partial charge in [-0.25, -0.2) is 14.4 Å². The van der Waals surface area contributed by atoms with Crippen LogP contribution >= 0.6 is 0 Å². The van der Waals surface area contributed by atoms with E-state index >= 15 is 0 Å². The van der Waals surface area contributed by atoms with Gasteiger partial charge in [-0.15, -0.1) is 0 Å². The van der Waals surface area contributed by atoms with Gasteiger partial charge in [0.2, 0.25) is 0 Å². The minimum absolute atomic E-state index is 0.239. The van der Waals surface area contributed by atoms with Crippen LogP contribution in [0, 0.1) is 5.82 Å². The molecule has 0 amide bonds. The van der Waals surface area contributed by atoms with Gasteiger partial charge in [-0.1, -0.05) is 6.08 Å². The lowest BCUT2D eigenvalue weighted by Crippen LogP contribution is -2.06. The molecule has 1 aliphatic heterocycles. The van der Waals surface area contributed by atoms with Gasteiger partial charge in [0.15, 0.2) is 5.82 Å².